The van der Waals surface area contributed by atoms with Crippen LogP contribution >= 0.6 is 0 Å². The van der Waals surface area contributed by atoms with Crippen LogP contribution in [0.1, 0.15) is 0 Å². The van der Waals surface area contributed by atoms with Crippen molar-refractivity contribution in [2.75, 3.05) is 26.1 Å². The van der Waals surface area contributed by atoms with E-state index in [0.717, 1.165) is 0 Å². The van der Waals surface area contributed by atoms with E-state index in [9.17, 15) is 9.59 Å². The lowest BCUT2D eigenvalue weighted by Crippen LogP contribution is -2.40. The van der Waals surface area contributed by atoms with Gasteiger partial charge in [-0.05, 0) is 12.1 Å². The molecule has 1 aromatic rings. The number of nitrogens with zero attached hydrogens (tertiary/aromatic N) is 1. The molecule has 0 bridgehead atoms. The van der Waals surface area contributed by atoms with Crippen LogP contribution in [0.4, 0.5) is 5.69 Å². The normalized spacial score (nSPS) is 10.2. The lowest BCUT2D eigenvalue weighted by molar-refractivity contribution is -0.139. The maximum Gasteiger partial charge on any atom is 0.313 e. The zero-order valence-electron chi connectivity index (χ0n) is 10.2. The standard InChI is InChI=1S/C11H15N3O4/c1-17-9(18-2)7-13-10(15)11(16)14-8-3-5-12-6-4-8/h3-6,9H,7H2,1-2H3,(H,13,15)(H,12,14,16). The summed E-state index contributed by atoms with van der Waals surface area (Å²) in [5.74, 6) is -1.52. The van der Waals surface area contributed by atoms with Gasteiger partial charge in [0, 0.05) is 32.3 Å². The van der Waals surface area contributed by atoms with Crippen molar-refractivity contribution in [1.29, 1.82) is 0 Å². The Kier molecular flexibility index (Phi) is 5.75. The van der Waals surface area contributed by atoms with Crippen LogP contribution < -0.4 is 10.6 Å². The van der Waals surface area contributed by atoms with E-state index < -0.39 is 18.1 Å². The lowest BCUT2D eigenvalue weighted by atomic mass is 10.4. The number of rotatable bonds is 5. The number of methoxy groups -OCH3 is 2. The number of hydrogen-bond donors (Lipinski definition) is 2. The van der Waals surface area contributed by atoms with Gasteiger partial charge in [-0.1, -0.05) is 0 Å². The van der Waals surface area contributed by atoms with Crippen molar-refractivity contribution >= 4 is 17.5 Å². The first kappa shape index (κ1) is 14.1. The fraction of sp³-hybridized carbons (Fsp3) is 0.364. The van der Waals surface area contributed by atoms with E-state index in [2.05, 4.69) is 15.6 Å². The molecule has 1 heterocycles. The quantitative estimate of drug-likeness (QED) is 0.558. The maximum absolute atomic E-state index is 11.5. The molecule has 2 N–H and O–H groups in total. The van der Waals surface area contributed by atoms with Crippen molar-refractivity contribution in [2.45, 2.75) is 6.29 Å². The monoisotopic (exact) mass is 253 g/mol. The van der Waals surface area contributed by atoms with E-state index >= 15 is 0 Å². The van der Waals surface area contributed by atoms with Crippen molar-refractivity contribution < 1.29 is 19.1 Å². The van der Waals surface area contributed by atoms with Gasteiger partial charge in [0.1, 0.15) is 0 Å². The second-order valence-corrected chi connectivity index (χ2v) is 3.30. The number of amides is 2. The molecular weight excluding hydrogens is 238 g/mol. The summed E-state index contributed by atoms with van der Waals surface area (Å²) < 4.78 is 9.74. The molecule has 0 unspecified atom stereocenters. The molecule has 0 aliphatic heterocycles. The molecule has 0 saturated heterocycles. The maximum atomic E-state index is 11.5. The van der Waals surface area contributed by atoms with Crippen LogP contribution in [-0.4, -0.2) is 43.9 Å². The molecule has 98 valence electrons. The van der Waals surface area contributed by atoms with E-state index in [1.165, 1.54) is 26.6 Å². The molecular formula is C11H15N3O4. The van der Waals surface area contributed by atoms with Gasteiger partial charge >= 0.3 is 11.8 Å². The minimum atomic E-state index is -0.758. The highest BCUT2D eigenvalue weighted by Gasteiger charge is 2.15. The molecule has 0 aromatic carbocycles. The zero-order chi connectivity index (χ0) is 13.4. The number of pyridine rings is 1. The number of ether oxygens (including phenoxy) is 2. The number of aromatic nitrogens is 1. The number of nitrogens with one attached hydrogen (secondary N) is 2. The van der Waals surface area contributed by atoms with Crippen molar-refractivity contribution in [3.05, 3.63) is 24.5 Å². The van der Waals surface area contributed by atoms with Gasteiger partial charge in [0.2, 0.25) is 0 Å². The average Bonchev–Trinajstić information content (AvgIpc) is 2.40. The molecule has 2 amide bonds. The minimum Gasteiger partial charge on any atom is -0.354 e. The van der Waals surface area contributed by atoms with Gasteiger partial charge in [0.15, 0.2) is 6.29 Å². The molecule has 0 atom stereocenters. The van der Waals surface area contributed by atoms with Crippen LogP contribution in [0.15, 0.2) is 24.5 Å². The summed E-state index contributed by atoms with van der Waals surface area (Å²) in [5.41, 5.74) is 0.500. The Morgan fingerprint density at radius 3 is 2.39 bits per heavy atom. The number of carbonyl (C=O) groups is 2. The zero-order valence-corrected chi connectivity index (χ0v) is 10.2. The highest BCUT2D eigenvalue weighted by molar-refractivity contribution is 6.39. The van der Waals surface area contributed by atoms with Crippen LogP contribution in [0, 0.1) is 0 Å². The van der Waals surface area contributed by atoms with Crippen molar-refractivity contribution in [3.63, 3.8) is 0 Å². The first-order valence-electron chi connectivity index (χ1n) is 5.22. The number of hydrogen-bond acceptors (Lipinski definition) is 5. The molecule has 7 heteroatoms. The molecule has 0 fully saturated rings. The molecule has 7 nitrogen and oxygen atoms in total. The van der Waals surface area contributed by atoms with Crippen molar-refractivity contribution in [3.8, 4) is 0 Å². The molecule has 1 rings (SSSR count). The Bertz CT molecular complexity index is 393. The van der Waals surface area contributed by atoms with Gasteiger partial charge in [-0.3, -0.25) is 14.6 Å². The van der Waals surface area contributed by atoms with Crippen LogP contribution in [0.25, 0.3) is 0 Å². The summed E-state index contributed by atoms with van der Waals surface area (Å²) in [6, 6.07) is 3.16. The summed E-state index contributed by atoms with van der Waals surface area (Å²) in [5, 5.41) is 4.82. The summed E-state index contributed by atoms with van der Waals surface area (Å²) >= 11 is 0. The summed E-state index contributed by atoms with van der Waals surface area (Å²) in [7, 11) is 2.88. The first-order chi connectivity index (χ1) is 8.67. The first-order valence-corrected chi connectivity index (χ1v) is 5.22. The van der Waals surface area contributed by atoms with Crippen LogP contribution in [0.5, 0.6) is 0 Å². The molecule has 18 heavy (non-hydrogen) atoms. The largest absolute Gasteiger partial charge is 0.354 e. The second kappa shape index (κ2) is 7.36. The molecule has 1 aromatic heterocycles. The predicted molar refractivity (Wildman–Crippen MR) is 63.7 cm³/mol. The topological polar surface area (TPSA) is 89.5 Å². The van der Waals surface area contributed by atoms with Crippen LogP contribution in [0.3, 0.4) is 0 Å². The highest BCUT2D eigenvalue weighted by atomic mass is 16.7. The SMILES string of the molecule is COC(CNC(=O)C(=O)Nc1ccncc1)OC. The van der Waals surface area contributed by atoms with Crippen molar-refractivity contribution in [1.82, 2.24) is 10.3 Å². The van der Waals surface area contributed by atoms with Crippen molar-refractivity contribution in [2.24, 2.45) is 0 Å². The van der Waals surface area contributed by atoms with Gasteiger partial charge in [-0.15, -0.1) is 0 Å². The van der Waals surface area contributed by atoms with Gasteiger partial charge in [0.05, 0.1) is 6.54 Å². The molecule has 0 aliphatic rings. The lowest BCUT2D eigenvalue weighted by Gasteiger charge is -2.13. The van der Waals surface area contributed by atoms with Gasteiger partial charge in [-0.2, -0.15) is 0 Å². The highest BCUT2D eigenvalue weighted by Crippen LogP contribution is 2.02. The third kappa shape index (κ3) is 4.48. The van der Waals surface area contributed by atoms with E-state index in [4.69, 9.17) is 9.47 Å². The Labute approximate surface area is 104 Å². The van der Waals surface area contributed by atoms with Crippen LogP contribution in [0.2, 0.25) is 0 Å². The molecule has 0 aliphatic carbocycles. The van der Waals surface area contributed by atoms with E-state index in [1.807, 2.05) is 0 Å². The summed E-state index contributed by atoms with van der Waals surface area (Å²) in [6.07, 6.45) is 2.45. The van der Waals surface area contributed by atoms with Gasteiger partial charge in [0.25, 0.3) is 0 Å². The molecule has 0 spiro atoms. The Hall–Kier alpha value is -1.99. The average molecular weight is 253 g/mol. The van der Waals surface area contributed by atoms with Gasteiger partial charge < -0.3 is 20.1 Å². The third-order valence-electron chi connectivity index (χ3n) is 2.10. The fourth-order valence-corrected chi connectivity index (χ4v) is 1.14. The minimum absolute atomic E-state index is 0.0929. The second-order valence-electron chi connectivity index (χ2n) is 3.30. The third-order valence-corrected chi connectivity index (χ3v) is 2.10. The fourth-order valence-electron chi connectivity index (χ4n) is 1.14. The molecule has 0 radical (unpaired) electrons. The van der Waals surface area contributed by atoms with E-state index in [1.54, 1.807) is 12.1 Å². The van der Waals surface area contributed by atoms with E-state index in [-0.39, 0.29) is 6.54 Å². The molecule has 0 saturated carbocycles. The Morgan fingerprint density at radius 1 is 1.22 bits per heavy atom. The summed E-state index contributed by atoms with van der Waals surface area (Å²) in [6.45, 7) is 0.0929. The van der Waals surface area contributed by atoms with E-state index in [0.29, 0.717) is 5.69 Å². The Morgan fingerprint density at radius 2 is 1.83 bits per heavy atom. The van der Waals surface area contributed by atoms with Gasteiger partial charge in [-0.25, -0.2) is 0 Å². The Balaban J connectivity index is 2.40. The van der Waals surface area contributed by atoms with Crippen LogP contribution in [-0.2, 0) is 19.1 Å². The summed E-state index contributed by atoms with van der Waals surface area (Å²) in [4.78, 5) is 26.7. The predicted octanol–water partition coefficient (Wildman–Crippen LogP) is -0.245. The number of carbonyl (C=O) groups excluding carboxylic acids is 2. The number of anilines is 1. The smallest absolute Gasteiger partial charge is 0.313 e.